The second-order valence-electron chi connectivity index (χ2n) is 5.80. The van der Waals surface area contributed by atoms with E-state index in [4.69, 9.17) is 0 Å². The predicted molar refractivity (Wildman–Crippen MR) is 87.6 cm³/mol. The summed E-state index contributed by atoms with van der Waals surface area (Å²) < 4.78 is 0. The van der Waals surface area contributed by atoms with E-state index < -0.39 is 0 Å². The quantitative estimate of drug-likeness (QED) is 0.897. The normalized spacial score (nSPS) is 16.7. The average molecular weight is 295 g/mol. The maximum absolute atomic E-state index is 12.4. The van der Waals surface area contributed by atoms with Crippen molar-refractivity contribution < 1.29 is 4.79 Å². The first kappa shape index (κ1) is 14.6. The highest BCUT2D eigenvalue weighted by Crippen LogP contribution is 2.37. The minimum atomic E-state index is -0.266. The number of aromatic nitrogens is 1. The van der Waals surface area contributed by atoms with E-state index in [1.54, 1.807) is 12.3 Å². The van der Waals surface area contributed by atoms with Gasteiger partial charge >= 0.3 is 6.03 Å². The number of hydrogen-bond acceptors (Lipinski definition) is 2. The zero-order valence-corrected chi connectivity index (χ0v) is 12.6. The third-order valence-electron chi connectivity index (χ3n) is 4.29. The lowest BCUT2D eigenvalue weighted by atomic mass is 9.76. The largest absolute Gasteiger partial charge is 0.328 e. The zero-order chi connectivity index (χ0) is 15.3. The van der Waals surface area contributed by atoms with Crippen molar-refractivity contribution in [2.24, 2.45) is 0 Å². The molecule has 0 bridgehead atoms. The number of urea groups is 1. The van der Waals surface area contributed by atoms with Gasteiger partial charge in [0, 0.05) is 6.20 Å². The second kappa shape index (κ2) is 6.60. The fourth-order valence-electron chi connectivity index (χ4n) is 3.20. The highest BCUT2D eigenvalue weighted by molar-refractivity contribution is 5.88. The Labute approximate surface area is 131 Å². The highest BCUT2D eigenvalue weighted by Gasteiger charge is 2.35. The molecule has 0 atom stereocenters. The fourth-order valence-corrected chi connectivity index (χ4v) is 3.20. The molecule has 0 saturated heterocycles. The van der Waals surface area contributed by atoms with Crippen LogP contribution in [0.15, 0.2) is 54.7 Å². The van der Waals surface area contributed by atoms with Crippen LogP contribution < -0.4 is 10.6 Å². The van der Waals surface area contributed by atoms with Crippen molar-refractivity contribution in [2.75, 3.05) is 5.32 Å². The molecule has 1 aromatic heterocycles. The van der Waals surface area contributed by atoms with E-state index in [9.17, 15) is 4.79 Å². The molecule has 2 N–H and O–H groups in total. The van der Waals surface area contributed by atoms with Gasteiger partial charge in [0.25, 0.3) is 0 Å². The first-order valence-corrected chi connectivity index (χ1v) is 7.84. The summed E-state index contributed by atoms with van der Waals surface area (Å²) in [7, 11) is 0. The van der Waals surface area contributed by atoms with Crippen molar-refractivity contribution in [3.8, 4) is 0 Å². The molecule has 0 aliphatic heterocycles. The molecular weight excluding hydrogens is 274 g/mol. The van der Waals surface area contributed by atoms with Gasteiger partial charge in [-0.15, -0.1) is 0 Å². The third kappa shape index (κ3) is 3.27. The molecule has 3 rings (SSSR count). The van der Waals surface area contributed by atoms with Gasteiger partial charge in [-0.1, -0.05) is 55.7 Å². The summed E-state index contributed by atoms with van der Waals surface area (Å²) in [6, 6.07) is 15.6. The molecule has 1 saturated carbocycles. The van der Waals surface area contributed by atoms with E-state index in [2.05, 4.69) is 27.8 Å². The molecule has 0 radical (unpaired) electrons. The number of benzene rings is 1. The van der Waals surface area contributed by atoms with E-state index in [0.29, 0.717) is 5.82 Å². The van der Waals surface area contributed by atoms with Crippen LogP contribution in [0.1, 0.15) is 37.7 Å². The van der Waals surface area contributed by atoms with E-state index in [1.165, 1.54) is 12.0 Å². The molecule has 4 nitrogen and oxygen atoms in total. The SMILES string of the molecule is O=C(Nc1ccccn1)NC1(c2ccccc2)CCCCC1. The molecule has 4 heteroatoms. The summed E-state index contributed by atoms with van der Waals surface area (Å²) in [4.78, 5) is 16.5. The van der Waals surface area contributed by atoms with Crippen LogP contribution in [0.2, 0.25) is 0 Å². The maximum atomic E-state index is 12.4. The van der Waals surface area contributed by atoms with Crippen molar-refractivity contribution in [3.63, 3.8) is 0 Å². The van der Waals surface area contributed by atoms with Gasteiger partial charge in [-0.2, -0.15) is 0 Å². The second-order valence-corrected chi connectivity index (χ2v) is 5.80. The molecule has 2 amide bonds. The lowest BCUT2D eigenvalue weighted by molar-refractivity contribution is 0.212. The highest BCUT2D eigenvalue weighted by atomic mass is 16.2. The van der Waals surface area contributed by atoms with Crippen LogP contribution in [-0.2, 0) is 5.54 Å². The van der Waals surface area contributed by atoms with E-state index >= 15 is 0 Å². The van der Waals surface area contributed by atoms with Gasteiger partial charge in [0.05, 0.1) is 5.54 Å². The summed E-state index contributed by atoms with van der Waals surface area (Å²) in [6.07, 6.45) is 7.14. The van der Waals surface area contributed by atoms with Gasteiger partial charge in [-0.3, -0.25) is 5.32 Å². The average Bonchev–Trinajstić information content (AvgIpc) is 2.57. The van der Waals surface area contributed by atoms with Crippen molar-refractivity contribution in [1.82, 2.24) is 10.3 Å². The Bertz CT molecular complexity index is 607. The Balaban J connectivity index is 1.77. The minimum absolute atomic E-state index is 0.190. The molecule has 1 fully saturated rings. The number of nitrogens with zero attached hydrogens (tertiary/aromatic N) is 1. The smallest absolute Gasteiger partial charge is 0.321 e. The van der Waals surface area contributed by atoms with Crippen molar-refractivity contribution in [2.45, 2.75) is 37.6 Å². The van der Waals surface area contributed by atoms with Crippen LogP contribution in [0.3, 0.4) is 0 Å². The Kier molecular flexibility index (Phi) is 4.37. The summed E-state index contributed by atoms with van der Waals surface area (Å²) in [5, 5.41) is 6.03. The number of carbonyl (C=O) groups excluding carboxylic acids is 1. The van der Waals surface area contributed by atoms with Gasteiger partial charge in [-0.25, -0.2) is 9.78 Å². The Morgan fingerprint density at radius 2 is 1.68 bits per heavy atom. The monoisotopic (exact) mass is 295 g/mol. The molecule has 1 heterocycles. The third-order valence-corrected chi connectivity index (χ3v) is 4.29. The Morgan fingerprint density at radius 3 is 2.36 bits per heavy atom. The number of nitrogens with one attached hydrogen (secondary N) is 2. The molecule has 1 aliphatic carbocycles. The van der Waals surface area contributed by atoms with Crippen molar-refractivity contribution in [1.29, 1.82) is 0 Å². The molecule has 22 heavy (non-hydrogen) atoms. The standard InChI is InChI=1S/C18H21N3O/c22-17(20-16-11-5-8-14-19-16)21-18(12-6-2-7-13-18)15-9-3-1-4-10-15/h1,3-5,8-11,14H,2,6-7,12-13H2,(H2,19,20,21,22). The molecule has 1 aromatic carbocycles. The summed E-state index contributed by atoms with van der Waals surface area (Å²) >= 11 is 0. The molecule has 1 aliphatic rings. The predicted octanol–water partition coefficient (Wildman–Crippen LogP) is 4.06. The van der Waals surface area contributed by atoms with Crippen LogP contribution in [0.5, 0.6) is 0 Å². The van der Waals surface area contributed by atoms with Gasteiger partial charge in [0.15, 0.2) is 0 Å². The Morgan fingerprint density at radius 1 is 0.955 bits per heavy atom. The number of pyridine rings is 1. The number of hydrogen-bond donors (Lipinski definition) is 2. The van der Waals surface area contributed by atoms with Crippen LogP contribution in [0, 0.1) is 0 Å². The number of rotatable bonds is 3. The number of amides is 2. The van der Waals surface area contributed by atoms with E-state index in [1.807, 2.05) is 30.3 Å². The van der Waals surface area contributed by atoms with Crippen LogP contribution in [-0.4, -0.2) is 11.0 Å². The molecular formula is C18H21N3O. The van der Waals surface area contributed by atoms with Gasteiger partial charge in [0.1, 0.15) is 5.82 Å². The first-order valence-electron chi connectivity index (χ1n) is 7.84. The van der Waals surface area contributed by atoms with Crippen LogP contribution in [0.25, 0.3) is 0 Å². The summed E-state index contributed by atoms with van der Waals surface area (Å²) in [5.74, 6) is 0.569. The topological polar surface area (TPSA) is 54.0 Å². The molecule has 0 unspecified atom stereocenters. The molecule has 114 valence electrons. The molecule has 0 spiro atoms. The van der Waals surface area contributed by atoms with Gasteiger partial charge in [-0.05, 0) is 30.5 Å². The number of anilines is 1. The van der Waals surface area contributed by atoms with Crippen LogP contribution >= 0.6 is 0 Å². The number of carbonyl (C=O) groups is 1. The zero-order valence-electron chi connectivity index (χ0n) is 12.6. The van der Waals surface area contributed by atoms with Crippen LogP contribution in [0.4, 0.5) is 10.6 Å². The van der Waals surface area contributed by atoms with Crippen molar-refractivity contribution >= 4 is 11.8 Å². The summed E-state index contributed by atoms with van der Waals surface area (Å²) in [5.41, 5.74) is 0.920. The minimum Gasteiger partial charge on any atom is -0.328 e. The maximum Gasteiger partial charge on any atom is 0.321 e. The first-order chi connectivity index (χ1) is 10.8. The lowest BCUT2D eigenvalue weighted by Gasteiger charge is -2.38. The van der Waals surface area contributed by atoms with Gasteiger partial charge < -0.3 is 5.32 Å². The lowest BCUT2D eigenvalue weighted by Crippen LogP contribution is -2.48. The fraction of sp³-hybridized carbons (Fsp3) is 0.333. The Hall–Kier alpha value is -2.36. The van der Waals surface area contributed by atoms with Gasteiger partial charge in [0.2, 0.25) is 0 Å². The van der Waals surface area contributed by atoms with E-state index in [-0.39, 0.29) is 11.6 Å². The van der Waals surface area contributed by atoms with Crippen molar-refractivity contribution in [3.05, 3.63) is 60.3 Å². The summed E-state index contributed by atoms with van der Waals surface area (Å²) in [6.45, 7) is 0. The van der Waals surface area contributed by atoms with E-state index in [0.717, 1.165) is 25.7 Å². The molecule has 2 aromatic rings.